The molecule has 7 nitrogen and oxygen atoms in total. The topological polar surface area (TPSA) is 74.6 Å². The molecule has 1 aromatic carbocycles. The monoisotopic (exact) mass is 361 g/mol. The highest BCUT2D eigenvalue weighted by molar-refractivity contribution is 5.91. The molecule has 1 aromatic heterocycles. The van der Waals surface area contributed by atoms with Crippen molar-refractivity contribution in [3.05, 3.63) is 29.5 Å². The Morgan fingerprint density at radius 3 is 2.08 bits per heavy atom. The van der Waals surface area contributed by atoms with Crippen LogP contribution >= 0.6 is 0 Å². The summed E-state index contributed by atoms with van der Waals surface area (Å²) < 4.78 is 17.6. The Labute approximate surface area is 154 Å². The van der Waals surface area contributed by atoms with Crippen LogP contribution in [0.1, 0.15) is 32.0 Å². The van der Waals surface area contributed by atoms with Crippen molar-refractivity contribution in [3.63, 3.8) is 0 Å². The van der Waals surface area contributed by atoms with Crippen LogP contribution < -0.4 is 19.5 Å². The number of ether oxygens (including phenoxy) is 3. The van der Waals surface area contributed by atoms with E-state index in [0.717, 1.165) is 11.3 Å². The molecule has 0 radical (unpaired) electrons. The zero-order valence-corrected chi connectivity index (χ0v) is 16.5. The zero-order chi connectivity index (χ0) is 19.5. The quantitative estimate of drug-likeness (QED) is 0.856. The Hall–Kier alpha value is -2.70. The van der Waals surface area contributed by atoms with Crippen molar-refractivity contribution in [1.29, 1.82) is 0 Å². The van der Waals surface area contributed by atoms with Crippen LogP contribution in [0.5, 0.6) is 17.2 Å². The minimum Gasteiger partial charge on any atom is -0.493 e. The summed E-state index contributed by atoms with van der Waals surface area (Å²) in [5.41, 5.74) is 1.59. The molecule has 0 bridgehead atoms. The van der Waals surface area contributed by atoms with E-state index >= 15 is 0 Å². The molecule has 2 aromatic rings. The van der Waals surface area contributed by atoms with Gasteiger partial charge in [0, 0.05) is 18.5 Å². The van der Waals surface area contributed by atoms with Gasteiger partial charge in [-0.3, -0.25) is 9.48 Å². The summed E-state index contributed by atoms with van der Waals surface area (Å²) in [6.45, 7) is 6.24. The minimum atomic E-state index is -0.150. The lowest BCUT2D eigenvalue weighted by molar-refractivity contribution is -0.115. The molecule has 1 amide bonds. The van der Waals surface area contributed by atoms with E-state index in [2.05, 4.69) is 31.2 Å². The molecular formula is C19H27N3O4. The number of carbonyl (C=O) groups excluding carboxylic acids is 1. The Kier molecular flexibility index (Phi) is 5.79. The maximum Gasteiger partial charge on any atom is 0.229 e. The second-order valence-corrected chi connectivity index (χ2v) is 7.05. The smallest absolute Gasteiger partial charge is 0.229 e. The van der Waals surface area contributed by atoms with E-state index in [-0.39, 0.29) is 17.7 Å². The highest BCUT2D eigenvalue weighted by atomic mass is 16.5. The number of benzene rings is 1. The number of anilines is 1. The number of aromatic nitrogens is 2. The Balaban J connectivity index is 2.19. The third-order valence-electron chi connectivity index (χ3n) is 4.00. The molecule has 2 rings (SSSR count). The van der Waals surface area contributed by atoms with Gasteiger partial charge in [-0.1, -0.05) is 20.8 Å². The number of hydrogen-bond donors (Lipinski definition) is 1. The maximum absolute atomic E-state index is 12.5. The van der Waals surface area contributed by atoms with E-state index in [4.69, 9.17) is 14.2 Å². The van der Waals surface area contributed by atoms with Crippen LogP contribution in [0, 0.1) is 0 Å². The first-order valence-electron chi connectivity index (χ1n) is 8.32. The highest BCUT2D eigenvalue weighted by Gasteiger charge is 2.20. The summed E-state index contributed by atoms with van der Waals surface area (Å²) in [7, 11) is 6.45. The fourth-order valence-corrected chi connectivity index (χ4v) is 2.56. The van der Waals surface area contributed by atoms with Crippen LogP contribution in [0.2, 0.25) is 0 Å². The van der Waals surface area contributed by atoms with E-state index in [0.29, 0.717) is 23.1 Å². The number of nitrogens with zero attached hydrogens (tertiary/aromatic N) is 2. The summed E-state index contributed by atoms with van der Waals surface area (Å²) in [6.07, 6.45) is 0.173. The summed E-state index contributed by atoms with van der Waals surface area (Å²) in [5.74, 6) is 2.05. The van der Waals surface area contributed by atoms with Gasteiger partial charge in [-0.05, 0) is 17.7 Å². The highest BCUT2D eigenvalue weighted by Crippen LogP contribution is 2.38. The van der Waals surface area contributed by atoms with Crippen LogP contribution in [0.3, 0.4) is 0 Å². The fourth-order valence-electron chi connectivity index (χ4n) is 2.56. The van der Waals surface area contributed by atoms with Crippen molar-refractivity contribution in [1.82, 2.24) is 9.78 Å². The van der Waals surface area contributed by atoms with Gasteiger partial charge in [-0.2, -0.15) is 5.10 Å². The molecule has 0 saturated carbocycles. The van der Waals surface area contributed by atoms with Crippen molar-refractivity contribution in [3.8, 4) is 17.2 Å². The molecule has 26 heavy (non-hydrogen) atoms. The van der Waals surface area contributed by atoms with Crippen LogP contribution in [-0.4, -0.2) is 37.0 Å². The summed E-state index contributed by atoms with van der Waals surface area (Å²) in [6, 6.07) is 5.43. The van der Waals surface area contributed by atoms with Crippen LogP contribution in [0.4, 0.5) is 5.82 Å². The van der Waals surface area contributed by atoms with Gasteiger partial charge >= 0.3 is 0 Å². The third-order valence-corrected chi connectivity index (χ3v) is 4.00. The molecule has 0 saturated heterocycles. The predicted molar refractivity (Wildman–Crippen MR) is 100 cm³/mol. The summed E-state index contributed by atoms with van der Waals surface area (Å²) in [4.78, 5) is 12.5. The summed E-state index contributed by atoms with van der Waals surface area (Å²) in [5, 5.41) is 7.37. The lowest BCUT2D eigenvalue weighted by Crippen LogP contribution is -2.16. The largest absolute Gasteiger partial charge is 0.493 e. The van der Waals surface area contributed by atoms with Gasteiger partial charge in [0.15, 0.2) is 11.5 Å². The second-order valence-electron chi connectivity index (χ2n) is 7.05. The van der Waals surface area contributed by atoms with Crippen LogP contribution in [0.15, 0.2) is 18.2 Å². The Morgan fingerprint density at radius 1 is 1.08 bits per heavy atom. The van der Waals surface area contributed by atoms with E-state index < -0.39 is 0 Å². The average molecular weight is 361 g/mol. The van der Waals surface area contributed by atoms with Gasteiger partial charge in [0.2, 0.25) is 11.7 Å². The van der Waals surface area contributed by atoms with Gasteiger partial charge in [-0.25, -0.2) is 0 Å². The average Bonchev–Trinajstić information content (AvgIpc) is 2.94. The van der Waals surface area contributed by atoms with Crippen molar-refractivity contribution >= 4 is 11.7 Å². The third kappa shape index (κ3) is 4.28. The van der Waals surface area contributed by atoms with Gasteiger partial charge in [-0.15, -0.1) is 0 Å². The molecule has 0 fully saturated rings. The number of aryl methyl sites for hydroxylation is 1. The van der Waals surface area contributed by atoms with Gasteiger partial charge < -0.3 is 19.5 Å². The SMILES string of the molecule is COc1cc(CC(=O)Nc2cc(C(C)(C)C)nn2C)cc(OC)c1OC. The maximum atomic E-state index is 12.5. The van der Waals surface area contributed by atoms with Crippen molar-refractivity contribution < 1.29 is 19.0 Å². The first-order chi connectivity index (χ1) is 12.2. The normalized spacial score (nSPS) is 11.2. The molecule has 1 N–H and O–H groups in total. The molecule has 0 spiro atoms. The van der Waals surface area contributed by atoms with Gasteiger partial charge in [0.1, 0.15) is 5.82 Å². The van der Waals surface area contributed by atoms with Gasteiger partial charge in [0.25, 0.3) is 0 Å². The zero-order valence-electron chi connectivity index (χ0n) is 16.5. The van der Waals surface area contributed by atoms with E-state index in [1.807, 2.05) is 13.1 Å². The molecule has 0 atom stereocenters. The lowest BCUT2D eigenvalue weighted by atomic mass is 9.92. The van der Waals surface area contributed by atoms with Crippen LogP contribution in [-0.2, 0) is 23.7 Å². The molecule has 0 unspecified atom stereocenters. The second kappa shape index (κ2) is 7.68. The molecule has 0 aliphatic carbocycles. The molecule has 0 aliphatic rings. The Bertz CT molecular complexity index is 766. The first-order valence-corrected chi connectivity index (χ1v) is 8.32. The number of methoxy groups -OCH3 is 3. The number of nitrogens with one attached hydrogen (secondary N) is 1. The van der Waals surface area contributed by atoms with Crippen molar-refractivity contribution in [2.24, 2.45) is 7.05 Å². The van der Waals surface area contributed by atoms with Crippen LogP contribution in [0.25, 0.3) is 0 Å². The fraction of sp³-hybridized carbons (Fsp3) is 0.474. The standard InChI is InChI=1S/C19H27N3O4/c1-19(2,3)15-11-16(22(4)21-15)20-17(23)10-12-8-13(24-5)18(26-7)14(9-12)25-6/h8-9,11H,10H2,1-7H3,(H,20,23). The lowest BCUT2D eigenvalue weighted by Gasteiger charge is -2.14. The number of hydrogen-bond acceptors (Lipinski definition) is 5. The number of amides is 1. The predicted octanol–water partition coefficient (Wildman–Crippen LogP) is 2.92. The first kappa shape index (κ1) is 19.6. The summed E-state index contributed by atoms with van der Waals surface area (Å²) >= 11 is 0. The molecule has 7 heteroatoms. The van der Waals surface area contributed by atoms with Gasteiger partial charge in [0.05, 0.1) is 33.4 Å². The number of rotatable bonds is 6. The Morgan fingerprint density at radius 2 is 1.65 bits per heavy atom. The van der Waals surface area contributed by atoms with Crippen molar-refractivity contribution in [2.45, 2.75) is 32.6 Å². The molecule has 1 heterocycles. The molecular weight excluding hydrogens is 334 g/mol. The molecule has 142 valence electrons. The number of carbonyl (C=O) groups is 1. The van der Waals surface area contributed by atoms with Crippen molar-refractivity contribution in [2.75, 3.05) is 26.6 Å². The van der Waals surface area contributed by atoms with E-state index in [1.54, 1.807) is 38.1 Å². The van der Waals surface area contributed by atoms with E-state index in [1.165, 1.54) is 0 Å². The minimum absolute atomic E-state index is 0.0859. The van der Waals surface area contributed by atoms with E-state index in [9.17, 15) is 4.79 Å². The molecule has 0 aliphatic heterocycles.